The minimum absolute atomic E-state index is 0.0548. The zero-order chi connectivity index (χ0) is 10.9. The molecule has 0 N–H and O–H groups in total. The summed E-state index contributed by atoms with van der Waals surface area (Å²) in [5, 5.41) is 1.01. The molecule has 0 amide bonds. The number of halogens is 1. The molecular weight excluding hydrogens is 236 g/mol. The molecule has 0 aliphatic rings. The summed E-state index contributed by atoms with van der Waals surface area (Å²) in [6.45, 7) is 0. The molecule has 0 saturated heterocycles. The topological polar surface area (TPSA) is 47.3 Å². The van der Waals surface area contributed by atoms with Crippen molar-refractivity contribution < 1.29 is 12.8 Å². The second-order valence-electron chi connectivity index (χ2n) is 3.29. The first kappa shape index (κ1) is 10.5. The number of furan rings is 1. The van der Waals surface area contributed by atoms with Crippen molar-refractivity contribution in [1.29, 1.82) is 0 Å². The first-order chi connectivity index (χ1) is 7.04. The van der Waals surface area contributed by atoms with E-state index in [1.54, 1.807) is 6.26 Å². The van der Waals surface area contributed by atoms with Gasteiger partial charge in [-0.25, -0.2) is 8.42 Å². The molecule has 5 heteroatoms. The van der Waals surface area contributed by atoms with Gasteiger partial charge in [0, 0.05) is 16.1 Å². The molecule has 0 saturated carbocycles. The first-order valence-corrected chi connectivity index (χ1v) is 6.91. The van der Waals surface area contributed by atoms with Crippen LogP contribution in [0.1, 0.15) is 5.56 Å². The van der Waals surface area contributed by atoms with Crippen molar-refractivity contribution in [2.75, 3.05) is 5.75 Å². The van der Waals surface area contributed by atoms with Gasteiger partial charge in [-0.15, -0.1) is 0 Å². The fourth-order valence-corrected chi connectivity index (χ4v) is 2.11. The molecule has 0 unspecified atom stereocenters. The quantitative estimate of drug-likeness (QED) is 0.780. The molecule has 0 atom stereocenters. The van der Waals surface area contributed by atoms with Gasteiger partial charge >= 0.3 is 0 Å². The van der Waals surface area contributed by atoms with Gasteiger partial charge in [-0.05, 0) is 24.1 Å². The summed E-state index contributed by atoms with van der Waals surface area (Å²) in [6, 6.07) is 7.46. The molecule has 0 fully saturated rings. The van der Waals surface area contributed by atoms with Gasteiger partial charge in [-0.3, -0.25) is 0 Å². The zero-order valence-electron chi connectivity index (χ0n) is 7.81. The Labute approximate surface area is 92.1 Å². The van der Waals surface area contributed by atoms with Gasteiger partial charge in [0.2, 0.25) is 9.05 Å². The van der Waals surface area contributed by atoms with Crippen molar-refractivity contribution in [2.24, 2.45) is 0 Å². The molecule has 3 nitrogen and oxygen atoms in total. The van der Waals surface area contributed by atoms with Gasteiger partial charge < -0.3 is 4.42 Å². The Morgan fingerprint density at radius 1 is 1.27 bits per heavy atom. The van der Waals surface area contributed by atoms with E-state index in [1.165, 1.54) is 0 Å². The standard InChI is InChI=1S/C10H9ClO3S/c11-15(12,13)6-4-8-1-2-9-3-5-14-10(9)7-8/h1-3,5,7H,4,6H2. The van der Waals surface area contributed by atoms with E-state index in [9.17, 15) is 8.42 Å². The van der Waals surface area contributed by atoms with Crippen molar-refractivity contribution in [1.82, 2.24) is 0 Å². The van der Waals surface area contributed by atoms with Crippen molar-refractivity contribution in [3.05, 3.63) is 36.1 Å². The molecule has 0 bridgehead atoms. The van der Waals surface area contributed by atoms with Crippen LogP contribution in [0.5, 0.6) is 0 Å². The van der Waals surface area contributed by atoms with Crippen LogP contribution >= 0.6 is 10.7 Å². The van der Waals surface area contributed by atoms with Crippen LogP contribution < -0.4 is 0 Å². The fraction of sp³-hybridized carbons (Fsp3) is 0.200. The van der Waals surface area contributed by atoms with E-state index >= 15 is 0 Å². The van der Waals surface area contributed by atoms with Crippen LogP contribution in [-0.2, 0) is 15.5 Å². The molecule has 1 aromatic carbocycles. The summed E-state index contributed by atoms with van der Waals surface area (Å²) in [5.41, 5.74) is 1.67. The Kier molecular flexibility index (Phi) is 2.71. The maximum atomic E-state index is 10.8. The van der Waals surface area contributed by atoms with Gasteiger partial charge in [-0.2, -0.15) is 0 Å². The Morgan fingerprint density at radius 3 is 2.80 bits per heavy atom. The molecule has 15 heavy (non-hydrogen) atoms. The van der Waals surface area contributed by atoms with E-state index in [0.717, 1.165) is 16.5 Å². The van der Waals surface area contributed by atoms with Gasteiger partial charge in [-0.1, -0.05) is 12.1 Å². The summed E-state index contributed by atoms with van der Waals surface area (Å²) in [7, 11) is 1.71. The van der Waals surface area contributed by atoms with E-state index in [1.807, 2.05) is 24.3 Å². The van der Waals surface area contributed by atoms with Crippen LogP contribution in [0.25, 0.3) is 11.0 Å². The highest BCUT2D eigenvalue weighted by atomic mass is 35.7. The molecule has 80 valence electrons. The van der Waals surface area contributed by atoms with Crippen LogP contribution in [0.2, 0.25) is 0 Å². The lowest BCUT2D eigenvalue weighted by Crippen LogP contribution is -2.00. The SMILES string of the molecule is O=S(=O)(Cl)CCc1ccc2ccoc2c1. The Bertz CT molecular complexity index is 571. The van der Waals surface area contributed by atoms with Crippen LogP contribution in [0.3, 0.4) is 0 Å². The lowest BCUT2D eigenvalue weighted by atomic mass is 10.1. The van der Waals surface area contributed by atoms with Crippen LogP contribution in [0.15, 0.2) is 34.9 Å². The minimum Gasteiger partial charge on any atom is -0.464 e. The van der Waals surface area contributed by atoms with Gasteiger partial charge in [0.25, 0.3) is 0 Å². The number of aryl methyl sites for hydroxylation is 1. The van der Waals surface area contributed by atoms with Crippen molar-refractivity contribution >= 4 is 30.7 Å². The number of fused-ring (bicyclic) bond motifs is 1. The number of hydrogen-bond donors (Lipinski definition) is 0. The van der Waals surface area contributed by atoms with E-state index in [-0.39, 0.29) is 5.75 Å². The van der Waals surface area contributed by atoms with E-state index in [0.29, 0.717) is 6.42 Å². The third-order valence-corrected chi connectivity index (χ3v) is 3.31. The molecule has 0 aliphatic heterocycles. The first-order valence-electron chi connectivity index (χ1n) is 4.43. The molecule has 1 aromatic heterocycles. The summed E-state index contributed by atoms with van der Waals surface area (Å²) in [6.07, 6.45) is 2.01. The van der Waals surface area contributed by atoms with Crippen molar-refractivity contribution in [2.45, 2.75) is 6.42 Å². The average molecular weight is 245 g/mol. The van der Waals surface area contributed by atoms with Gasteiger partial charge in [0.15, 0.2) is 0 Å². The summed E-state index contributed by atoms with van der Waals surface area (Å²) < 4.78 is 26.7. The Morgan fingerprint density at radius 2 is 2.07 bits per heavy atom. The largest absolute Gasteiger partial charge is 0.464 e. The highest BCUT2D eigenvalue weighted by molar-refractivity contribution is 8.13. The van der Waals surface area contributed by atoms with Crippen LogP contribution in [0.4, 0.5) is 0 Å². The summed E-state index contributed by atoms with van der Waals surface area (Å²) in [5.74, 6) is -0.0548. The third-order valence-electron chi connectivity index (χ3n) is 2.16. The van der Waals surface area contributed by atoms with Gasteiger partial charge in [0.05, 0.1) is 12.0 Å². The average Bonchev–Trinajstić information content (AvgIpc) is 2.60. The van der Waals surface area contributed by atoms with E-state index < -0.39 is 9.05 Å². The number of hydrogen-bond acceptors (Lipinski definition) is 3. The number of benzene rings is 1. The monoisotopic (exact) mass is 244 g/mol. The zero-order valence-corrected chi connectivity index (χ0v) is 9.38. The molecule has 0 aliphatic carbocycles. The van der Waals surface area contributed by atoms with Crippen molar-refractivity contribution in [3.8, 4) is 0 Å². The van der Waals surface area contributed by atoms with E-state index in [4.69, 9.17) is 15.1 Å². The molecular formula is C10H9ClO3S. The molecule has 0 spiro atoms. The molecule has 2 rings (SSSR count). The maximum absolute atomic E-state index is 10.8. The smallest absolute Gasteiger partial charge is 0.232 e. The third kappa shape index (κ3) is 2.73. The minimum atomic E-state index is -3.42. The summed E-state index contributed by atoms with van der Waals surface area (Å²) >= 11 is 0. The lowest BCUT2D eigenvalue weighted by Gasteiger charge is -1.98. The van der Waals surface area contributed by atoms with Gasteiger partial charge in [0.1, 0.15) is 5.58 Å². The highest BCUT2D eigenvalue weighted by Crippen LogP contribution is 2.17. The second kappa shape index (κ2) is 3.87. The van der Waals surface area contributed by atoms with Crippen LogP contribution in [-0.4, -0.2) is 14.2 Å². The van der Waals surface area contributed by atoms with Crippen molar-refractivity contribution in [3.63, 3.8) is 0 Å². The molecule has 2 aromatic rings. The second-order valence-corrected chi connectivity index (χ2v) is 6.18. The molecule has 1 heterocycles. The number of rotatable bonds is 3. The predicted molar refractivity (Wildman–Crippen MR) is 59.6 cm³/mol. The lowest BCUT2D eigenvalue weighted by molar-refractivity contribution is 0.608. The predicted octanol–water partition coefficient (Wildman–Crippen LogP) is 2.54. The van der Waals surface area contributed by atoms with Crippen LogP contribution in [0, 0.1) is 0 Å². The normalized spacial score (nSPS) is 12.1. The highest BCUT2D eigenvalue weighted by Gasteiger charge is 2.06. The summed E-state index contributed by atoms with van der Waals surface area (Å²) in [4.78, 5) is 0. The fourth-order valence-electron chi connectivity index (χ4n) is 1.39. The molecule has 0 radical (unpaired) electrons. The maximum Gasteiger partial charge on any atom is 0.232 e. The Balaban J connectivity index is 2.21. The Hall–Kier alpha value is -1.00. The van der Waals surface area contributed by atoms with E-state index in [2.05, 4.69) is 0 Å².